The van der Waals surface area contributed by atoms with Gasteiger partial charge in [-0.1, -0.05) is 93.6 Å². The highest BCUT2D eigenvalue weighted by Gasteiger charge is 2.29. The summed E-state index contributed by atoms with van der Waals surface area (Å²) in [7, 11) is -2.01. The molecule has 6 rings (SSSR count). The molecule has 0 saturated heterocycles. The zero-order valence-electron chi connectivity index (χ0n) is 23.7. The summed E-state index contributed by atoms with van der Waals surface area (Å²) in [6.07, 6.45) is 3.88. The molecule has 0 aliphatic carbocycles. The van der Waals surface area contributed by atoms with Gasteiger partial charge in [0.2, 0.25) is 0 Å². The Labute approximate surface area is 232 Å². The standard InChI is InChI=1S/C35H35N3Si/c1-24-16-18-36-33(20-24)38-31-13-8-7-12-29(31)30-15-14-26(22-32(30)38)25-10-9-11-28(21-25)39(5,6)34-23-27(17-19-37-34)35(2,3)4/h7-23H,1-6H3. The van der Waals surface area contributed by atoms with Crippen molar-refractivity contribution in [2.24, 2.45) is 0 Å². The lowest BCUT2D eigenvalue weighted by Crippen LogP contribution is -2.54. The van der Waals surface area contributed by atoms with Crippen LogP contribution in [0.25, 0.3) is 38.8 Å². The number of pyridine rings is 2. The average Bonchev–Trinajstić information content (AvgIpc) is 3.26. The number of nitrogens with zero attached hydrogens (tertiary/aromatic N) is 3. The van der Waals surface area contributed by atoms with Crippen LogP contribution in [0.3, 0.4) is 0 Å². The molecule has 3 aromatic carbocycles. The Morgan fingerprint density at radius 1 is 0.667 bits per heavy atom. The number of aromatic nitrogens is 3. The van der Waals surface area contributed by atoms with Gasteiger partial charge < -0.3 is 0 Å². The number of hydrogen-bond acceptors (Lipinski definition) is 2. The Bertz CT molecular complexity index is 1840. The van der Waals surface area contributed by atoms with Gasteiger partial charge in [0.25, 0.3) is 0 Å². The molecule has 3 heterocycles. The molecule has 0 radical (unpaired) electrons. The number of fused-ring (bicyclic) bond motifs is 3. The molecule has 0 bridgehead atoms. The minimum Gasteiger partial charge on any atom is -0.294 e. The summed E-state index contributed by atoms with van der Waals surface area (Å²) < 4.78 is 2.30. The molecule has 3 aromatic heterocycles. The third-order valence-electron chi connectivity index (χ3n) is 7.99. The highest BCUT2D eigenvalue weighted by Crippen LogP contribution is 2.34. The zero-order chi connectivity index (χ0) is 27.4. The van der Waals surface area contributed by atoms with Crippen LogP contribution in [-0.2, 0) is 5.41 Å². The number of para-hydroxylation sites is 1. The van der Waals surface area contributed by atoms with Crippen LogP contribution in [0.4, 0.5) is 0 Å². The Balaban J connectivity index is 1.49. The number of aryl methyl sites for hydroxylation is 1. The summed E-state index contributed by atoms with van der Waals surface area (Å²) >= 11 is 0. The highest BCUT2D eigenvalue weighted by atomic mass is 28.3. The zero-order valence-corrected chi connectivity index (χ0v) is 24.7. The van der Waals surface area contributed by atoms with Gasteiger partial charge in [-0.3, -0.25) is 9.55 Å². The minimum absolute atomic E-state index is 0.101. The van der Waals surface area contributed by atoms with E-state index in [0.717, 1.165) is 5.82 Å². The van der Waals surface area contributed by atoms with Crippen LogP contribution in [0.5, 0.6) is 0 Å². The Morgan fingerprint density at radius 3 is 2.21 bits per heavy atom. The Kier molecular flexibility index (Phi) is 6.04. The molecule has 4 heteroatoms. The van der Waals surface area contributed by atoms with E-state index in [2.05, 4.69) is 130 Å². The molecule has 194 valence electrons. The fraction of sp³-hybridized carbons (Fsp3) is 0.200. The van der Waals surface area contributed by atoms with Crippen molar-refractivity contribution in [3.8, 4) is 16.9 Å². The largest absolute Gasteiger partial charge is 0.294 e. The van der Waals surface area contributed by atoms with Gasteiger partial charge in [-0.15, -0.1) is 0 Å². The molecule has 0 unspecified atom stereocenters. The van der Waals surface area contributed by atoms with Gasteiger partial charge in [-0.2, -0.15) is 0 Å². The first kappa shape index (κ1) is 25.3. The van der Waals surface area contributed by atoms with Crippen LogP contribution < -0.4 is 10.5 Å². The predicted octanol–water partition coefficient (Wildman–Crippen LogP) is 7.67. The summed E-state index contributed by atoms with van der Waals surface area (Å²) in [6.45, 7) is 13.7. The van der Waals surface area contributed by atoms with E-state index in [4.69, 9.17) is 9.97 Å². The Hall–Kier alpha value is -4.02. The van der Waals surface area contributed by atoms with E-state index >= 15 is 0 Å². The monoisotopic (exact) mass is 525 g/mol. The van der Waals surface area contributed by atoms with Crippen molar-refractivity contribution < 1.29 is 0 Å². The van der Waals surface area contributed by atoms with Crippen molar-refractivity contribution in [1.82, 2.24) is 14.5 Å². The first-order chi connectivity index (χ1) is 18.6. The van der Waals surface area contributed by atoms with E-state index in [0.29, 0.717) is 0 Å². The number of hydrogen-bond donors (Lipinski definition) is 0. The van der Waals surface area contributed by atoms with E-state index in [-0.39, 0.29) is 5.41 Å². The van der Waals surface area contributed by atoms with E-state index < -0.39 is 8.07 Å². The van der Waals surface area contributed by atoms with Crippen LogP contribution in [0.2, 0.25) is 13.1 Å². The third kappa shape index (κ3) is 4.49. The van der Waals surface area contributed by atoms with Gasteiger partial charge in [0.1, 0.15) is 13.9 Å². The SMILES string of the molecule is Cc1ccnc(-n2c3ccccc3c3ccc(-c4cccc([Si](C)(C)c5cc(C(C)(C)C)ccn5)c4)cc32)c1. The molecule has 0 amide bonds. The molecule has 3 nitrogen and oxygen atoms in total. The van der Waals surface area contributed by atoms with Crippen LogP contribution in [0.1, 0.15) is 31.9 Å². The second kappa shape index (κ2) is 9.32. The molecular weight excluding hydrogens is 490 g/mol. The predicted molar refractivity (Wildman–Crippen MR) is 168 cm³/mol. The number of benzene rings is 3. The smallest absolute Gasteiger partial charge is 0.137 e. The summed E-state index contributed by atoms with van der Waals surface area (Å²) in [5.41, 5.74) is 7.43. The molecule has 0 fully saturated rings. The number of rotatable bonds is 4. The van der Waals surface area contributed by atoms with E-state index in [1.165, 1.54) is 54.6 Å². The van der Waals surface area contributed by atoms with Crippen LogP contribution in [0.15, 0.2) is 103 Å². The molecule has 0 aliphatic rings. The molecular formula is C35H35N3Si. The van der Waals surface area contributed by atoms with Crippen LogP contribution in [-0.4, -0.2) is 22.6 Å². The first-order valence-corrected chi connectivity index (χ1v) is 16.7. The molecule has 6 aromatic rings. The second-order valence-electron chi connectivity index (χ2n) is 12.2. The average molecular weight is 526 g/mol. The fourth-order valence-electron chi connectivity index (χ4n) is 5.51. The summed E-state index contributed by atoms with van der Waals surface area (Å²) in [6, 6.07) is 33.3. The minimum atomic E-state index is -2.01. The maximum atomic E-state index is 4.87. The fourth-order valence-corrected chi connectivity index (χ4v) is 7.75. The quantitative estimate of drug-likeness (QED) is 0.221. The lowest BCUT2D eigenvalue weighted by Gasteiger charge is -2.26. The van der Waals surface area contributed by atoms with Gasteiger partial charge in [-0.25, -0.2) is 4.98 Å². The topological polar surface area (TPSA) is 30.7 Å². The molecule has 0 saturated carbocycles. The highest BCUT2D eigenvalue weighted by molar-refractivity contribution is 7.00. The van der Waals surface area contributed by atoms with Crippen LogP contribution >= 0.6 is 0 Å². The normalized spacial score (nSPS) is 12.4. The molecule has 0 N–H and O–H groups in total. The van der Waals surface area contributed by atoms with Crippen molar-refractivity contribution in [1.29, 1.82) is 0 Å². The van der Waals surface area contributed by atoms with Crippen molar-refractivity contribution in [3.05, 3.63) is 115 Å². The summed E-state index contributed by atoms with van der Waals surface area (Å²) in [4.78, 5) is 9.62. The van der Waals surface area contributed by atoms with E-state index in [1.54, 1.807) is 0 Å². The summed E-state index contributed by atoms with van der Waals surface area (Å²) in [5.74, 6) is 0.949. The van der Waals surface area contributed by atoms with Crippen molar-refractivity contribution in [2.75, 3.05) is 0 Å². The molecule has 39 heavy (non-hydrogen) atoms. The van der Waals surface area contributed by atoms with Gasteiger partial charge in [0.15, 0.2) is 0 Å². The van der Waals surface area contributed by atoms with Gasteiger partial charge in [0.05, 0.1) is 11.0 Å². The second-order valence-corrected chi connectivity index (χ2v) is 16.5. The van der Waals surface area contributed by atoms with Crippen molar-refractivity contribution in [3.63, 3.8) is 0 Å². The first-order valence-electron chi connectivity index (χ1n) is 13.7. The van der Waals surface area contributed by atoms with E-state index in [1.807, 2.05) is 18.5 Å². The lowest BCUT2D eigenvalue weighted by molar-refractivity contribution is 0.590. The molecule has 0 atom stereocenters. The van der Waals surface area contributed by atoms with Crippen molar-refractivity contribution in [2.45, 2.75) is 46.2 Å². The maximum absolute atomic E-state index is 4.87. The third-order valence-corrected chi connectivity index (χ3v) is 11.3. The molecule has 0 aliphatic heterocycles. The van der Waals surface area contributed by atoms with Gasteiger partial charge in [0, 0.05) is 28.5 Å². The van der Waals surface area contributed by atoms with Crippen molar-refractivity contribution >= 4 is 40.4 Å². The molecule has 0 spiro atoms. The van der Waals surface area contributed by atoms with Gasteiger partial charge in [-0.05, 0) is 71.0 Å². The summed E-state index contributed by atoms with van der Waals surface area (Å²) in [5, 5.41) is 5.11. The maximum Gasteiger partial charge on any atom is 0.137 e. The van der Waals surface area contributed by atoms with Crippen LogP contribution in [0, 0.1) is 6.92 Å². The van der Waals surface area contributed by atoms with Gasteiger partial charge >= 0.3 is 0 Å². The lowest BCUT2D eigenvalue weighted by atomic mass is 9.88. The Morgan fingerprint density at radius 2 is 1.41 bits per heavy atom. The van der Waals surface area contributed by atoms with E-state index in [9.17, 15) is 0 Å².